The highest BCUT2D eigenvalue weighted by Gasteiger charge is 2.11. The summed E-state index contributed by atoms with van der Waals surface area (Å²) < 4.78 is 19.1. The van der Waals surface area contributed by atoms with E-state index in [1.807, 2.05) is 38.1 Å². The minimum Gasteiger partial charge on any atom is -0.463 e. The Bertz CT molecular complexity index is 739. The summed E-state index contributed by atoms with van der Waals surface area (Å²) in [6, 6.07) is 5.08. The Morgan fingerprint density at radius 3 is 2.73 bits per heavy atom. The fraction of sp³-hybridized carbons (Fsp3) is 0.294. The van der Waals surface area contributed by atoms with Crippen molar-refractivity contribution < 1.29 is 13.9 Å². The molecule has 22 heavy (non-hydrogen) atoms. The van der Waals surface area contributed by atoms with Crippen molar-refractivity contribution in [3.63, 3.8) is 0 Å². The molecule has 0 atom stereocenters. The van der Waals surface area contributed by atoms with E-state index in [-0.39, 0.29) is 0 Å². The highest BCUT2D eigenvalue weighted by Crippen LogP contribution is 2.28. The van der Waals surface area contributed by atoms with E-state index >= 15 is 0 Å². The Morgan fingerprint density at radius 1 is 1.36 bits per heavy atom. The van der Waals surface area contributed by atoms with Gasteiger partial charge in [0, 0.05) is 36.9 Å². The van der Waals surface area contributed by atoms with Crippen LogP contribution in [-0.4, -0.2) is 31.7 Å². The van der Waals surface area contributed by atoms with E-state index in [0.717, 1.165) is 11.4 Å². The first-order chi connectivity index (χ1) is 10.4. The summed E-state index contributed by atoms with van der Waals surface area (Å²) >= 11 is 0. The van der Waals surface area contributed by atoms with Gasteiger partial charge in [-0.15, -0.1) is 0 Å². The van der Waals surface area contributed by atoms with E-state index in [1.165, 1.54) is 12.1 Å². The lowest BCUT2D eigenvalue weighted by atomic mass is 10.1. The number of halogens is 1. The van der Waals surface area contributed by atoms with Gasteiger partial charge in [-0.1, -0.05) is 0 Å². The Balaban J connectivity index is 2.54. The van der Waals surface area contributed by atoms with E-state index in [1.54, 1.807) is 13.0 Å². The van der Waals surface area contributed by atoms with Crippen LogP contribution in [0.2, 0.25) is 0 Å². The minimum atomic E-state index is -0.446. The molecule has 0 bridgehead atoms. The number of benzene rings is 1. The Morgan fingerprint density at radius 2 is 2.09 bits per heavy atom. The number of carbonyl (C=O) groups is 1. The van der Waals surface area contributed by atoms with Crippen molar-refractivity contribution >= 4 is 28.6 Å². The molecule has 0 radical (unpaired) electrons. The number of aromatic nitrogens is 1. The van der Waals surface area contributed by atoms with Gasteiger partial charge in [0.1, 0.15) is 11.3 Å². The smallest absolute Gasteiger partial charge is 0.330 e. The normalized spacial score (nSPS) is 11.1. The number of ether oxygens (including phenoxy) is 1. The summed E-state index contributed by atoms with van der Waals surface area (Å²) in [5.74, 6) is -0.856. The number of aryl methyl sites for hydroxylation is 1. The quantitative estimate of drug-likeness (QED) is 0.642. The molecule has 0 aliphatic carbocycles. The van der Waals surface area contributed by atoms with Crippen molar-refractivity contribution in [1.29, 1.82) is 0 Å². The third-order valence-corrected chi connectivity index (χ3v) is 3.18. The fourth-order valence-electron chi connectivity index (χ4n) is 2.23. The van der Waals surface area contributed by atoms with Crippen molar-refractivity contribution in [2.24, 2.45) is 0 Å². The van der Waals surface area contributed by atoms with E-state index in [2.05, 4.69) is 4.98 Å². The zero-order valence-corrected chi connectivity index (χ0v) is 13.2. The lowest BCUT2D eigenvalue weighted by Crippen LogP contribution is -2.10. The number of rotatable bonds is 4. The molecule has 0 fully saturated rings. The second-order valence-electron chi connectivity index (χ2n) is 5.16. The van der Waals surface area contributed by atoms with Gasteiger partial charge in [0.15, 0.2) is 0 Å². The van der Waals surface area contributed by atoms with Gasteiger partial charge in [-0.2, -0.15) is 0 Å². The van der Waals surface area contributed by atoms with Gasteiger partial charge in [-0.25, -0.2) is 14.2 Å². The molecule has 0 unspecified atom stereocenters. The van der Waals surface area contributed by atoms with Gasteiger partial charge in [0.25, 0.3) is 0 Å². The monoisotopic (exact) mass is 302 g/mol. The van der Waals surface area contributed by atoms with Crippen LogP contribution < -0.4 is 4.90 Å². The molecule has 1 aromatic heterocycles. The van der Waals surface area contributed by atoms with Crippen LogP contribution in [0.5, 0.6) is 0 Å². The molecule has 0 saturated carbocycles. The molecule has 116 valence electrons. The van der Waals surface area contributed by atoms with E-state index < -0.39 is 11.8 Å². The van der Waals surface area contributed by atoms with Crippen LogP contribution in [0.1, 0.15) is 18.2 Å². The van der Waals surface area contributed by atoms with E-state index in [4.69, 9.17) is 4.74 Å². The molecule has 0 N–H and O–H groups in total. The fourth-order valence-corrected chi connectivity index (χ4v) is 2.23. The van der Waals surface area contributed by atoms with Crippen molar-refractivity contribution in [2.75, 3.05) is 25.6 Å². The second kappa shape index (κ2) is 6.56. The maximum absolute atomic E-state index is 14.3. The molecular weight excluding hydrogens is 283 g/mol. The second-order valence-corrected chi connectivity index (χ2v) is 5.16. The number of esters is 1. The average molecular weight is 302 g/mol. The molecule has 5 heteroatoms. The average Bonchev–Trinajstić information content (AvgIpc) is 2.45. The summed E-state index contributed by atoms with van der Waals surface area (Å²) in [5, 5.41) is 0.708. The van der Waals surface area contributed by atoms with Crippen molar-refractivity contribution in [3.05, 3.63) is 41.3 Å². The molecule has 0 saturated heterocycles. The van der Waals surface area contributed by atoms with Gasteiger partial charge in [-0.3, -0.25) is 0 Å². The molecule has 4 nitrogen and oxygen atoms in total. The van der Waals surface area contributed by atoms with Crippen LogP contribution in [-0.2, 0) is 9.53 Å². The zero-order chi connectivity index (χ0) is 16.3. The van der Waals surface area contributed by atoms with Crippen LogP contribution in [0.4, 0.5) is 10.1 Å². The molecule has 1 aromatic carbocycles. The highest BCUT2D eigenvalue weighted by atomic mass is 19.1. The van der Waals surface area contributed by atoms with Crippen LogP contribution in [0, 0.1) is 12.7 Å². The lowest BCUT2D eigenvalue weighted by Gasteiger charge is -2.16. The number of carbonyl (C=O) groups excluding carboxylic acids is 1. The molecule has 2 aromatic rings. The molecule has 0 spiro atoms. The summed E-state index contributed by atoms with van der Waals surface area (Å²) in [7, 11) is 3.79. The predicted molar refractivity (Wildman–Crippen MR) is 86.4 cm³/mol. The molecule has 2 rings (SSSR count). The van der Waals surface area contributed by atoms with Crippen molar-refractivity contribution in [1.82, 2.24) is 4.98 Å². The zero-order valence-electron chi connectivity index (χ0n) is 13.2. The number of anilines is 1. The first-order valence-electron chi connectivity index (χ1n) is 7.05. The van der Waals surface area contributed by atoms with Gasteiger partial charge < -0.3 is 9.64 Å². The van der Waals surface area contributed by atoms with E-state index in [9.17, 15) is 9.18 Å². The Hall–Kier alpha value is -2.43. The van der Waals surface area contributed by atoms with Crippen LogP contribution in [0.3, 0.4) is 0 Å². The third-order valence-electron chi connectivity index (χ3n) is 3.18. The Labute approximate surface area is 129 Å². The molecular formula is C17H19FN2O2. The first-order valence-corrected chi connectivity index (χ1v) is 7.05. The number of hydrogen-bond acceptors (Lipinski definition) is 4. The van der Waals surface area contributed by atoms with Gasteiger partial charge in [0.2, 0.25) is 0 Å². The standard InChI is InChI=1S/C17H19FN2O2/c1-5-22-16(21)7-6-12-9-13-15(20(3)4)8-11(2)19-17(13)14(18)10-12/h6-10H,5H2,1-4H3/b7-6+. The minimum absolute atomic E-state index is 0.309. The first kappa shape index (κ1) is 15.9. The van der Waals surface area contributed by atoms with Crippen molar-refractivity contribution in [3.8, 4) is 0 Å². The van der Waals surface area contributed by atoms with Crippen LogP contribution in [0.15, 0.2) is 24.3 Å². The summed E-state index contributed by atoms with van der Waals surface area (Å²) in [6.45, 7) is 3.88. The number of nitrogens with zero attached hydrogens (tertiary/aromatic N) is 2. The molecule has 0 aliphatic heterocycles. The predicted octanol–water partition coefficient (Wildman–Crippen LogP) is 3.32. The highest BCUT2D eigenvalue weighted by molar-refractivity contribution is 5.95. The van der Waals surface area contributed by atoms with Crippen LogP contribution in [0.25, 0.3) is 17.0 Å². The topological polar surface area (TPSA) is 42.4 Å². The van der Waals surface area contributed by atoms with Crippen molar-refractivity contribution in [2.45, 2.75) is 13.8 Å². The number of fused-ring (bicyclic) bond motifs is 1. The number of hydrogen-bond donors (Lipinski definition) is 0. The lowest BCUT2D eigenvalue weighted by molar-refractivity contribution is -0.137. The molecule has 0 amide bonds. The summed E-state index contributed by atoms with van der Waals surface area (Å²) in [4.78, 5) is 17.5. The SMILES string of the molecule is CCOC(=O)/C=C/c1cc(F)c2nc(C)cc(N(C)C)c2c1. The Kier molecular flexibility index (Phi) is 4.75. The summed E-state index contributed by atoms with van der Waals surface area (Å²) in [6.07, 6.45) is 2.83. The van der Waals surface area contributed by atoms with Gasteiger partial charge in [0.05, 0.1) is 6.61 Å². The third kappa shape index (κ3) is 3.42. The van der Waals surface area contributed by atoms with E-state index in [0.29, 0.717) is 23.1 Å². The summed E-state index contributed by atoms with van der Waals surface area (Å²) in [5.41, 5.74) is 2.56. The maximum Gasteiger partial charge on any atom is 0.330 e. The maximum atomic E-state index is 14.3. The largest absolute Gasteiger partial charge is 0.463 e. The van der Waals surface area contributed by atoms with Crippen LogP contribution >= 0.6 is 0 Å². The number of pyridine rings is 1. The van der Waals surface area contributed by atoms with Gasteiger partial charge in [-0.05, 0) is 43.7 Å². The molecule has 1 heterocycles. The molecule has 0 aliphatic rings. The van der Waals surface area contributed by atoms with Gasteiger partial charge >= 0.3 is 5.97 Å².